The van der Waals surface area contributed by atoms with Gasteiger partial charge in [0, 0.05) is 25.7 Å². The molecule has 0 saturated heterocycles. The van der Waals surface area contributed by atoms with Crippen molar-refractivity contribution in [2.45, 2.75) is 433 Å². The maximum atomic E-state index is 13.1. The Hall–Kier alpha value is -1.94. The van der Waals surface area contributed by atoms with Crippen molar-refractivity contribution in [2.24, 2.45) is 17.8 Å². The van der Waals surface area contributed by atoms with E-state index in [1.54, 1.807) is 0 Å². The fraction of sp³-hybridized carbons (Fsp3) is 0.950. The van der Waals surface area contributed by atoms with E-state index in [9.17, 15) is 43.2 Å². The smallest absolute Gasteiger partial charge is 0.462 e. The summed E-state index contributed by atoms with van der Waals surface area (Å²) < 4.78 is 68.7. The largest absolute Gasteiger partial charge is 0.472 e. The van der Waals surface area contributed by atoms with Gasteiger partial charge >= 0.3 is 39.5 Å². The van der Waals surface area contributed by atoms with Gasteiger partial charge in [-0.3, -0.25) is 37.3 Å². The van der Waals surface area contributed by atoms with E-state index in [4.69, 9.17) is 37.0 Å². The van der Waals surface area contributed by atoms with E-state index in [-0.39, 0.29) is 25.7 Å². The number of carbonyl (C=O) groups excluding carboxylic acids is 4. The van der Waals surface area contributed by atoms with Crippen LogP contribution in [0.5, 0.6) is 0 Å². The first-order valence-electron chi connectivity index (χ1n) is 41.4. The molecule has 0 amide bonds. The maximum Gasteiger partial charge on any atom is 0.472 e. The normalized spacial score (nSPS) is 14.3. The number of carbonyl (C=O) groups is 4. The molecule has 0 aliphatic heterocycles. The molecule has 0 aliphatic carbocycles. The van der Waals surface area contributed by atoms with Crippen molar-refractivity contribution < 1.29 is 80.2 Å². The molecule has 3 unspecified atom stereocenters. The molecule has 99 heavy (non-hydrogen) atoms. The summed E-state index contributed by atoms with van der Waals surface area (Å²) in [6.45, 7) is 12.0. The van der Waals surface area contributed by atoms with Crippen LogP contribution in [-0.4, -0.2) is 96.7 Å². The lowest BCUT2D eigenvalue weighted by Crippen LogP contribution is -2.30. The summed E-state index contributed by atoms with van der Waals surface area (Å²) in [4.78, 5) is 73.0. The Bertz CT molecular complexity index is 1920. The third kappa shape index (κ3) is 72.8. The highest BCUT2D eigenvalue weighted by Crippen LogP contribution is 2.45. The molecule has 0 aliphatic rings. The van der Waals surface area contributed by atoms with Gasteiger partial charge in [0.1, 0.15) is 19.3 Å². The molecule has 3 N–H and O–H groups in total. The first kappa shape index (κ1) is 97.1. The Balaban J connectivity index is 5.26. The Morgan fingerprint density at radius 1 is 0.293 bits per heavy atom. The minimum absolute atomic E-state index is 0.107. The Labute approximate surface area is 607 Å². The summed E-state index contributed by atoms with van der Waals surface area (Å²) in [5, 5.41) is 10.6. The second kappa shape index (κ2) is 70.4. The zero-order valence-electron chi connectivity index (χ0n) is 65.0. The Kier molecular flexibility index (Phi) is 69.0. The topological polar surface area (TPSA) is 237 Å². The average molecular weight is 1450 g/mol. The predicted octanol–water partition coefficient (Wildman–Crippen LogP) is 23.7. The van der Waals surface area contributed by atoms with E-state index in [1.165, 1.54) is 225 Å². The van der Waals surface area contributed by atoms with Crippen molar-refractivity contribution in [3.8, 4) is 0 Å². The molecule has 19 heteroatoms. The van der Waals surface area contributed by atoms with E-state index in [2.05, 4.69) is 48.5 Å². The Morgan fingerprint density at radius 3 is 0.768 bits per heavy atom. The molecule has 0 rings (SSSR count). The van der Waals surface area contributed by atoms with Gasteiger partial charge in [0.25, 0.3) is 0 Å². The molecule has 0 spiro atoms. The number of aliphatic hydroxyl groups is 1. The first-order chi connectivity index (χ1) is 47.8. The lowest BCUT2D eigenvalue weighted by atomic mass is 9.99. The second-order valence-electron chi connectivity index (χ2n) is 30.0. The van der Waals surface area contributed by atoms with Gasteiger partial charge < -0.3 is 33.8 Å². The molecule has 0 heterocycles. The third-order valence-electron chi connectivity index (χ3n) is 19.0. The number of hydrogen-bond donors (Lipinski definition) is 3. The summed E-state index contributed by atoms with van der Waals surface area (Å²) in [6.07, 6.45) is 58.1. The molecule has 17 nitrogen and oxygen atoms in total. The SMILES string of the molecule is CCCCCCCCCCCCCCCCC(=O)O[C@H](COC(=O)CCCCCCCCCCC(C)C)COP(=O)(O)OC[C@H](O)COP(=O)(O)OC[C@@H](COC(=O)CCCCCCCCCCCCCCCC(C)C)OC(=O)CCCCCCCCCCCCCCCCC(C)CC. The van der Waals surface area contributed by atoms with Gasteiger partial charge in [-0.05, 0) is 43.4 Å². The lowest BCUT2D eigenvalue weighted by Gasteiger charge is -2.21. The van der Waals surface area contributed by atoms with Crippen LogP contribution in [0.3, 0.4) is 0 Å². The highest BCUT2D eigenvalue weighted by Gasteiger charge is 2.30. The average Bonchev–Trinajstić information content (AvgIpc) is 0.964. The minimum atomic E-state index is -4.96. The number of esters is 4. The quantitative estimate of drug-likeness (QED) is 0.0222. The third-order valence-corrected chi connectivity index (χ3v) is 20.9. The highest BCUT2D eigenvalue weighted by atomic mass is 31.2. The number of aliphatic hydroxyl groups excluding tert-OH is 1. The molecule has 0 radical (unpaired) electrons. The molecular formula is C80H156O17P2. The van der Waals surface area contributed by atoms with Crippen LogP contribution in [0.4, 0.5) is 0 Å². The summed E-state index contributed by atoms with van der Waals surface area (Å²) in [5.41, 5.74) is 0. The number of hydrogen-bond acceptors (Lipinski definition) is 15. The van der Waals surface area contributed by atoms with Crippen molar-refractivity contribution in [3.05, 3.63) is 0 Å². The molecule has 6 atom stereocenters. The number of rotatable bonds is 78. The predicted molar refractivity (Wildman–Crippen MR) is 405 cm³/mol. The summed E-state index contributed by atoms with van der Waals surface area (Å²) in [5.74, 6) is 0.252. The van der Waals surface area contributed by atoms with Crippen LogP contribution in [0.2, 0.25) is 0 Å². The summed E-state index contributed by atoms with van der Waals surface area (Å²) >= 11 is 0. The number of unbranched alkanes of at least 4 members (excludes halogenated alkanes) is 45. The molecule has 0 aromatic rings. The van der Waals surface area contributed by atoms with E-state index >= 15 is 0 Å². The molecule has 0 aromatic carbocycles. The van der Waals surface area contributed by atoms with Crippen LogP contribution in [0.1, 0.15) is 414 Å². The molecule has 0 bridgehead atoms. The number of phosphoric acid groups is 2. The van der Waals surface area contributed by atoms with Crippen molar-refractivity contribution in [3.63, 3.8) is 0 Å². The molecule has 0 saturated carbocycles. The van der Waals surface area contributed by atoms with Crippen molar-refractivity contribution in [1.82, 2.24) is 0 Å². The van der Waals surface area contributed by atoms with Gasteiger partial charge in [-0.2, -0.15) is 0 Å². The second-order valence-corrected chi connectivity index (χ2v) is 32.9. The fourth-order valence-electron chi connectivity index (χ4n) is 12.3. The van der Waals surface area contributed by atoms with Gasteiger partial charge in [0.15, 0.2) is 12.2 Å². The molecule has 588 valence electrons. The van der Waals surface area contributed by atoms with Crippen LogP contribution in [-0.2, 0) is 65.4 Å². The first-order valence-corrected chi connectivity index (χ1v) is 44.4. The van der Waals surface area contributed by atoms with Crippen molar-refractivity contribution in [1.29, 1.82) is 0 Å². The zero-order chi connectivity index (χ0) is 73.0. The number of ether oxygens (including phenoxy) is 4. The standard InChI is InChI=1S/C80H156O17P2/c1-8-10-11-12-13-14-15-16-22-28-33-42-49-56-63-79(84)97-76(68-91-78(83)62-55-48-41-36-35-38-45-52-59-72(5)6)70-95-99(88,89)93-66-74(81)65-92-98(86,87)94-69-75(67-90-77(82)61-54-47-40-32-27-24-19-20-25-30-37-44-51-58-71(3)4)96-80(85)64-57-50-43-34-29-23-18-17-21-26-31-39-46-53-60-73(7)9-2/h71-76,81H,8-70H2,1-7H3,(H,86,87)(H,88,89)/t73?,74-,75-,76-/m1/s1. The maximum absolute atomic E-state index is 13.1. The van der Waals surface area contributed by atoms with Crippen LogP contribution < -0.4 is 0 Å². The highest BCUT2D eigenvalue weighted by molar-refractivity contribution is 7.47. The monoisotopic (exact) mass is 1450 g/mol. The van der Waals surface area contributed by atoms with Crippen LogP contribution >= 0.6 is 15.6 Å². The van der Waals surface area contributed by atoms with Gasteiger partial charge in [-0.15, -0.1) is 0 Å². The number of phosphoric ester groups is 2. The van der Waals surface area contributed by atoms with E-state index in [0.717, 1.165) is 108 Å². The van der Waals surface area contributed by atoms with Crippen LogP contribution in [0.15, 0.2) is 0 Å². The van der Waals surface area contributed by atoms with Crippen molar-refractivity contribution in [2.75, 3.05) is 39.6 Å². The van der Waals surface area contributed by atoms with Gasteiger partial charge in [-0.1, -0.05) is 363 Å². The summed E-state index contributed by atoms with van der Waals surface area (Å²) in [6, 6.07) is 0. The van der Waals surface area contributed by atoms with E-state index in [1.807, 2.05) is 0 Å². The van der Waals surface area contributed by atoms with Gasteiger partial charge in [0.05, 0.1) is 26.4 Å². The van der Waals surface area contributed by atoms with E-state index < -0.39 is 97.5 Å². The summed E-state index contributed by atoms with van der Waals surface area (Å²) in [7, 11) is -9.92. The minimum Gasteiger partial charge on any atom is -0.462 e. The molecule has 0 fully saturated rings. The van der Waals surface area contributed by atoms with Crippen molar-refractivity contribution >= 4 is 39.5 Å². The zero-order valence-corrected chi connectivity index (χ0v) is 66.8. The van der Waals surface area contributed by atoms with E-state index in [0.29, 0.717) is 25.7 Å². The van der Waals surface area contributed by atoms with Crippen LogP contribution in [0.25, 0.3) is 0 Å². The van der Waals surface area contributed by atoms with Crippen LogP contribution in [0, 0.1) is 17.8 Å². The fourth-order valence-corrected chi connectivity index (χ4v) is 13.9. The van der Waals surface area contributed by atoms with Gasteiger partial charge in [-0.25, -0.2) is 9.13 Å². The lowest BCUT2D eigenvalue weighted by molar-refractivity contribution is -0.161. The Morgan fingerprint density at radius 2 is 0.515 bits per heavy atom. The van der Waals surface area contributed by atoms with Gasteiger partial charge in [0.2, 0.25) is 0 Å². The molecule has 0 aromatic heterocycles. The molecular weight excluding hydrogens is 1290 g/mol.